The number of hydrogen-bond donors (Lipinski definition) is 2. The quantitative estimate of drug-likeness (QED) is 0.840. The number of hydrogen-bond acceptors (Lipinski definition) is 3. The Bertz CT molecular complexity index is 812. The number of pyridine rings is 1. The number of aryl methyl sites for hydroxylation is 1. The lowest BCUT2D eigenvalue weighted by atomic mass is 10.0. The number of allylic oxidation sites excluding steroid dienone is 2. The third-order valence-corrected chi connectivity index (χ3v) is 3.78. The molecule has 0 radical (unpaired) electrons. The molecular formula is C21H28FN3O. The van der Waals surface area contributed by atoms with Crippen molar-refractivity contribution < 1.29 is 9.18 Å². The molecule has 1 amide bonds. The maximum Gasteiger partial charge on any atom is 0.246 e. The van der Waals surface area contributed by atoms with E-state index in [-0.39, 0.29) is 17.4 Å². The van der Waals surface area contributed by atoms with E-state index in [1.807, 2.05) is 46.8 Å². The highest BCUT2D eigenvalue weighted by molar-refractivity contribution is 5.90. The van der Waals surface area contributed by atoms with Gasteiger partial charge in [0.05, 0.1) is 0 Å². The summed E-state index contributed by atoms with van der Waals surface area (Å²) in [5, 5.41) is 6.85. The first-order valence-electron chi connectivity index (χ1n) is 9.02. The fourth-order valence-corrected chi connectivity index (χ4v) is 2.51. The summed E-state index contributed by atoms with van der Waals surface area (Å²) in [5.74, 6) is -0.494. The number of amides is 1. The molecule has 1 aliphatic rings. The summed E-state index contributed by atoms with van der Waals surface area (Å²) in [6.07, 6.45) is 6.70. The average Bonchev–Trinajstić information content (AvgIpc) is 2.71. The van der Waals surface area contributed by atoms with Crippen LogP contribution in [0.25, 0.3) is 16.3 Å². The number of nitrogens with one attached hydrogen (secondary N) is 2. The molecule has 1 aromatic heterocycles. The number of carbonyl (C=O) groups is 1. The van der Waals surface area contributed by atoms with Gasteiger partial charge in [0.1, 0.15) is 11.7 Å². The lowest BCUT2D eigenvalue weighted by molar-refractivity contribution is -0.121. The van der Waals surface area contributed by atoms with Crippen LogP contribution in [0.2, 0.25) is 0 Å². The summed E-state index contributed by atoms with van der Waals surface area (Å²) in [4.78, 5) is 15.8. The molecule has 1 aromatic carbocycles. The van der Waals surface area contributed by atoms with E-state index in [2.05, 4.69) is 15.6 Å². The first kappa shape index (κ1) is 21.4. The Hall–Kier alpha value is -2.69. The molecule has 1 atom stereocenters. The molecule has 2 N–H and O–H groups in total. The molecule has 0 spiro atoms. The van der Waals surface area contributed by atoms with E-state index in [4.69, 9.17) is 0 Å². The molecule has 26 heavy (non-hydrogen) atoms. The van der Waals surface area contributed by atoms with Gasteiger partial charge in [0.15, 0.2) is 5.82 Å². The van der Waals surface area contributed by atoms with E-state index in [1.54, 1.807) is 37.7 Å². The molecule has 0 fully saturated rings. The van der Waals surface area contributed by atoms with Gasteiger partial charge in [0.2, 0.25) is 5.91 Å². The van der Waals surface area contributed by atoms with Crippen molar-refractivity contribution in [3.8, 4) is 0 Å². The minimum absolute atomic E-state index is 0.144. The van der Waals surface area contributed by atoms with Crippen molar-refractivity contribution in [2.45, 2.75) is 40.7 Å². The minimum Gasteiger partial charge on any atom is -0.376 e. The molecule has 1 unspecified atom stereocenters. The van der Waals surface area contributed by atoms with E-state index < -0.39 is 6.04 Å². The van der Waals surface area contributed by atoms with Crippen LogP contribution >= 0.6 is 0 Å². The summed E-state index contributed by atoms with van der Waals surface area (Å²) in [5.41, 5.74) is 1.87. The number of halogens is 1. The SMILES string of the molecule is CC.CC.CNC(=O)C1C=CC(c2ncc3c(C)cccc3c2F)=CN1. The fraction of sp³-hybridized carbons (Fsp3) is 0.333. The van der Waals surface area contributed by atoms with Crippen LogP contribution in [0.5, 0.6) is 0 Å². The van der Waals surface area contributed by atoms with Crippen molar-refractivity contribution in [1.82, 2.24) is 15.6 Å². The van der Waals surface area contributed by atoms with E-state index >= 15 is 0 Å². The monoisotopic (exact) mass is 357 g/mol. The van der Waals surface area contributed by atoms with Gasteiger partial charge < -0.3 is 10.6 Å². The van der Waals surface area contributed by atoms with Gasteiger partial charge in [-0.1, -0.05) is 58.0 Å². The molecule has 4 nitrogen and oxygen atoms in total. The topological polar surface area (TPSA) is 54.0 Å². The molecule has 3 rings (SSSR count). The first-order chi connectivity index (χ1) is 12.6. The van der Waals surface area contributed by atoms with Crippen LogP contribution in [0.4, 0.5) is 4.39 Å². The maximum absolute atomic E-state index is 14.7. The van der Waals surface area contributed by atoms with Crippen LogP contribution in [0, 0.1) is 12.7 Å². The summed E-state index contributed by atoms with van der Waals surface area (Å²) in [7, 11) is 1.57. The van der Waals surface area contributed by atoms with Crippen molar-refractivity contribution in [1.29, 1.82) is 0 Å². The van der Waals surface area contributed by atoms with Gasteiger partial charge in [-0.25, -0.2) is 4.39 Å². The Morgan fingerprint density at radius 2 is 1.88 bits per heavy atom. The molecule has 0 saturated heterocycles. The van der Waals surface area contributed by atoms with Gasteiger partial charge in [0, 0.05) is 35.8 Å². The lowest BCUT2D eigenvalue weighted by Gasteiger charge is -2.17. The standard InChI is InChI=1S/C17H16FN3O.2C2H6/c1-10-4-3-5-12-13(10)9-21-16(15(12)18)11-6-7-14(20-8-11)17(22)19-2;2*1-2/h3-9,14,20H,1-2H3,(H,19,22);2*1-2H3. The van der Waals surface area contributed by atoms with Crippen molar-refractivity contribution in [2.24, 2.45) is 0 Å². The highest BCUT2D eigenvalue weighted by Crippen LogP contribution is 2.27. The Kier molecular flexibility index (Phi) is 8.49. The van der Waals surface area contributed by atoms with Crippen molar-refractivity contribution in [2.75, 3.05) is 7.05 Å². The zero-order valence-electron chi connectivity index (χ0n) is 16.4. The maximum atomic E-state index is 14.7. The number of likely N-dealkylation sites (N-methyl/N-ethyl adjacent to an activating group) is 1. The number of carbonyl (C=O) groups excluding carboxylic acids is 1. The van der Waals surface area contributed by atoms with Crippen LogP contribution < -0.4 is 10.6 Å². The molecule has 0 aliphatic carbocycles. The zero-order valence-corrected chi connectivity index (χ0v) is 16.4. The number of nitrogens with zero attached hydrogens (tertiary/aromatic N) is 1. The largest absolute Gasteiger partial charge is 0.376 e. The molecular weight excluding hydrogens is 329 g/mol. The minimum atomic E-state index is -0.445. The van der Waals surface area contributed by atoms with Crippen molar-refractivity contribution in [3.05, 3.63) is 59.8 Å². The third kappa shape index (κ3) is 4.48. The molecule has 2 aromatic rings. The average molecular weight is 357 g/mol. The Labute approximate surface area is 155 Å². The second kappa shape index (κ2) is 10.3. The zero-order chi connectivity index (χ0) is 19.7. The van der Waals surface area contributed by atoms with E-state index in [0.29, 0.717) is 11.0 Å². The van der Waals surface area contributed by atoms with E-state index in [1.165, 1.54) is 0 Å². The predicted molar refractivity (Wildman–Crippen MR) is 107 cm³/mol. The van der Waals surface area contributed by atoms with Crippen molar-refractivity contribution in [3.63, 3.8) is 0 Å². The van der Waals surface area contributed by atoms with E-state index in [9.17, 15) is 9.18 Å². The van der Waals surface area contributed by atoms with Gasteiger partial charge in [-0.05, 0) is 12.5 Å². The second-order valence-electron chi connectivity index (χ2n) is 5.17. The van der Waals surface area contributed by atoms with Gasteiger partial charge in [-0.2, -0.15) is 0 Å². The summed E-state index contributed by atoms with van der Waals surface area (Å²) in [6.45, 7) is 9.93. The number of dihydropyridines is 1. The third-order valence-electron chi connectivity index (χ3n) is 3.78. The second-order valence-corrected chi connectivity index (χ2v) is 5.17. The smallest absolute Gasteiger partial charge is 0.246 e. The number of aromatic nitrogens is 1. The molecule has 1 aliphatic heterocycles. The van der Waals surface area contributed by atoms with Crippen LogP contribution in [0.15, 0.2) is 42.7 Å². The number of fused-ring (bicyclic) bond motifs is 1. The first-order valence-corrected chi connectivity index (χ1v) is 9.02. The normalized spacial score (nSPS) is 14.9. The van der Waals surface area contributed by atoms with Crippen LogP contribution in [0.1, 0.15) is 39.0 Å². The number of rotatable bonds is 2. The molecule has 0 bridgehead atoms. The molecule has 140 valence electrons. The van der Waals surface area contributed by atoms with Crippen molar-refractivity contribution >= 4 is 22.3 Å². The van der Waals surface area contributed by atoms with Crippen LogP contribution in [0.3, 0.4) is 0 Å². The lowest BCUT2D eigenvalue weighted by Crippen LogP contribution is -2.40. The van der Waals surface area contributed by atoms with Gasteiger partial charge in [-0.15, -0.1) is 0 Å². The van der Waals surface area contributed by atoms with E-state index in [0.717, 1.165) is 10.9 Å². The molecule has 5 heteroatoms. The summed E-state index contributed by atoms with van der Waals surface area (Å²) < 4.78 is 14.7. The summed E-state index contributed by atoms with van der Waals surface area (Å²) >= 11 is 0. The highest BCUT2D eigenvalue weighted by atomic mass is 19.1. The number of benzene rings is 1. The van der Waals surface area contributed by atoms with Gasteiger partial charge in [-0.3, -0.25) is 9.78 Å². The Morgan fingerprint density at radius 3 is 2.46 bits per heavy atom. The summed E-state index contributed by atoms with van der Waals surface area (Å²) in [6, 6.07) is 5.06. The van der Waals surface area contributed by atoms with Gasteiger partial charge >= 0.3 is 0 Å². The Balaban J connectivity index is 0.000000791. The molecule has 2 heterocycles. The molecule has 0 saturated carbocycles. The predicted octanol–water partition coefficient (Wildman–Crippen LogP) is 4.35. The highest BCUT2D eigenvalue weighted by Gasteiger charge is 2.18. The van der Waals surface area contributed by atoms with Crippen LogP contribution in [-0.2, 0) is 4.79 Å². The fourth-order valence-electron chi connectivity index (χ4n) is 2.51. The Morgan fingerprint density at radius 1 is 1.19 bits per heavy atom. The van der Waals surface area contributed by atoms with Crippen LogP contribution in [-0.4, -0.2) is 24.0 Å². The van der Waals surface area contributed by atoms with Gasteiger partial charge in [0.25, 0.3) is 0 Å².